The first-order valence-corrected chi connectivity index (χ1v) is 9.45. The van der Waals surface area contributed by atoms with Crippen LogP contribution in [0.2, 0.25) is 0 Å². The summed E-state index contributed by atoms with van der Waals surface area (Å²) in [6.45, 7) is 5.22. The monoisotopic (exact) mass is 318 g/mol. The van der Waals surface area contributed by atoms with Crippen LogP contribution >= 0.6 is 0 Å². The third-order valence-corrected chi connectivity index (χ3v) is 6.57. The molecule has 1 saturated carbocycles. The van der Waals surface area contributed by atoms with Crippen LogP contribution in [0.15, 0.2) is 0 Å². The van der Waals surface area contributed by atoms with Gasteiger partial charge in [-0.15, -0.1) is 0 Å². The van der Waals surface area contributed by atoms with Gasteiger partial charge in [-0.1, -0.05) is 6.92 Å². The fourth-order valence-corrected chi connectivity index (χ4v) is 5.39. The van der Waals surface area contributed by atoms with E-state index in [1.165, 1.54) is 7.11 Å². The summed E-state index contributed by atoms with van der Waals surface area (Å²) in [4.78, 5) is 14.4. The zero-order valence-electron chi connectivity index (χ0n) is 13.1. The summed E-state index contributed by atoms with van der Waals surface area (Å²) in [6, 6.07) is 0.262. The number of carbonyl (C=O) groups is 1. The third kappa shape index (κ3) is 3.40. The van der Waals surface area contributed by atoms with Gasteiger partial charge in [0.2, 0.25) is 0 Å². The number of hydrogen-bond donors (Lipinski definition) is 1. The van der Waals surface area contributed by atoms with Gasteiger partial charge >= 0.3 is 5.97 Å². The molecule has 2 fully saturated rings. The second kappa shape index (κ2) is 6.22. The third-order valence-electron chi connectivity index (χ3n) is 4.77. The van der Waals surface area contributed by atoms with Crippen molar-refractivity contribution in [1.82, 2.24) is 10.2 Å². The molecule has 0 bridgehead atoms. The van der Waals surface area contributed by atoms with Crippen LogP contribution in [0, 0.1) is 0 Å². The molecule has 0 aromatic heterocycles. The predicted molar refractivity (Wildman–Crippen MR) is 80.9 cm³/mol. The molecule has 1 heterocycles. The van der Waals surface area contributed by atoms with Crippen LogP contribution in [0.1, 0.15) is 33.1 Å². The molecule has 1 aliphatic carbocycles. The maximum Gasteiger partial charge on any atom is 0.326 e. The Kier molecular flexibility index (Phi) is 4.95. The number of nitrogens with one attached hydrogen (secondary N) is 1. The lowest BCUT2D eigenvalue weighted by Crippen LogP contribution is -2.54. The molecule has 0 spiro atoms. The van der Waals surface area contributed by atoms with E-state index in [0.717, 1.165) is 12.8 Å². The van der Waals surface area contributed by atoms with Crippen LogP contribution in [-0.4, -0.2) is 68.6 Å². The summed E-state index contributed by atoms with van der Waals surface area (Å²) >= 11 is 0. The van der Waals surface area contributed by atoms with Crippen molar-refractivity contribution in [2.45, 2.75) is 50.7 Å². The highest BCUT2D eigenvalue weighted by Crippen LogP contribution is 2.35. The molecule has 0 amide bonds. The van der Waals surface area contributed by atoms with Crippen LogP contribution in [0.4, 0.5) is 0 Å². The van der Waals surface area contributed by atoms with E-state index in [0.29, 0.717) is 19.5 Å². The van der Waals surface area contributed by atoms with Crippen molar-refractivity contribution in [2.75, 3.05) is 31.7 Å². The quantitative estimate of drug-likeness (QED) is 0.745. The molecule has 21 heavy (non-hydrogen) atoms. The van der Waals surface area contributed by atoms with Crippen LogP contribution in [0.5, 0.6) is 0 Å². The first-order chi connectivity index (χ1) is 9.83. The van der Waals surface area contributed by atoms with E-state index in [9.17, 15) is 13.2 Å². The summed E-state index contributed by atoms with van der Waals surface area (Å²) in [6.07, 6.45) is 2.33. The van der Waals surface area contributed by atoms with Crippen LogP contribution in [0.3, 0.4) is 0 Å². The highest BCUT2D eigenvalue weighted by Gasteiger charge is 2.48. The van der Waals surface area contributed by atoms with Gasteiger partial charge in [0.05, 0.1) is 18.6 Å². The second-order valence-electron chi connectivity index (χ2n) is 6.20. The Morgan fingerprint density at radius 3 is 2.76 bits per heavy atom. The molecule has 2 aliphatic rings. The summed E-state index contributed by atoms with van der Waals surface area (Å²) in [5, 5.41) is 3.29. The Labute approximate surface area is 127 Å². The summed E-state index contributed by atoms with van der Waals surface area (Å²) < 4.78 is 28.4. The fraction of sp³-hybridized carbons (Fsp3) is 0.929. The zero-order chi connectivity index (χ0) is 15.7. The summed E-state index contributed by atoms with van der Waals surface area (Å²) in [7, 11) is -1.48. The molecular formula is C14H26N2O4S. The Morgan fingerprint density at radius 1 is 1.48 bits per heavy atom. The van der Waals surface area contributed by atoms with Crippen molar-refractivity contribution in [1.29, 1.82) is 0 Å². The highest BCUT2D eigenvalue weighted by atomic mass is 32.2. The average Bonchev–Trinajstić information content (AvgIpc) is 2.82. The number of sulfone groups is 1. The zero-order valence-corrected chi connectivity index (χ0v) is 13.9. The van der Waals surface area contributed by atoms with Gasteiger partial charge in [-0.2, -0.15) is 0 Å². The van der Waals surface area contributed by atoms with Crippen molar-refractivity contribution in [3.63, 3.8) is 0 Å². The van der Waals surface area contributed by atoms with Crippen molar-refractivity contribution >= 4 is 15.8 Å². The molecule has 3 atom stereocenters. The molecule has 0 aromatic rings. The largest absolute Gasteiger partial charge is 0.468 e. The van der Waals surface area contributed by atoms with E-state index < -0.39 is 15.4 Å². The number of nitrogens with zero attached hydrogens (tertiary/aromatic N) is 1. The number of likely N-dealkylation sites (N-methyl/N-ethyl adjacent to an activating group) is 1. The lowest BCUT2D eigenvalue weighted by atomic mass is 9.97. The number of hydrogen-bond acceptors (Lipinski definition) is 6. The lowest BCUT2D eigenvalue weighted by molar-refractivity contribution is -0.148. The van der Waals surface area contributed by atoms with Gasteiger partial charge < -0.3 is 10.1 Å². The van der Waals surface area contributed by atoms with Gasteiger partial charge in [-0.05, 0) is 32.7 Å². The van der Waals surface area contributed by atoms with Crippen molar-refractivity contribution in [2.24, 2.45) is 0 Å². The van der Waals surface area contributed by atoms with Gasteiger partial charge in [0.1, 0.15) is 5.54 Å². The van der Waals surface area contributed by atoms with Crippen LogP contribution in [0.25, 0.3) is 0 Å². The highest BCUT2D eigenvalue weighted by molar-refractivity contribution is 7.91. The molecule has 6 nitrogen and oxygen atoms in total. The van der Waals surface area contributed by atoms with E-state index >= 15 is 0 Å². The summed E-state index contributed by atoms with van der Waals surface area (Å²) in [5.41, 5.74) is -0.607. The smallest absolute Gasteiger partial charge is 0.326 e. The molecule has 1 saturated heterocycles. The van der Waals surface area contributed by atoms with E-state index in [1.807, 2.05) is 13.8 Å². The van der Waals surface area contributed by atoms with Gasteiger partial charge in [-0.3, -0.25) is 9.69 Å². The molecule has 3 unspecified atom stereocenters. The SMILES string of the molecule is CCNC1(C(=O)OC)CCC(N2CCS(=O)(=O)CC2C)C1. The Hall–Kier alpha value is -0.660. The lowest BCUT2D eigenvalue weighted by Gasteiger charge is -2.38. The minimum absolute atomic E-state index is 0.0174. The maximum atomic E-state index is 12.1. The topological polar surface area (TPSA) is 75.7 Å². The standard InChI is InChI=1S/C14H26N2O4S/c1-4-15-14(13(17)20-3)6-5-12(9-14)16-7-8-21(18,19)10-11(16)2/h11-12,15H,4-10H2,1-3H3. The Balaban J connectivity index is 2.09. The molecule has 7 heteroatoms. The van der Waals surface area contributed by atoms with Crippen LogP contribution in [-0.2, 0) is 19.4 Å². The van der Waals surface area contributed by atoms with E-state index in [1.54, 1.807) is 0 Å². The van der Waals surface area contributed by atoms with E-state index in [4.69, 9.17) is 4.74 Å². The first kappa shape index (κ1) is 16.7. The Bertz CT molecular complexity index is 493. The van der Waals surface area contributed by atoms with Gasteiger partial charge in [-0.25, -0.2) is 8.42 Å². The minimum atomic E-state index is -2.90. The van der Waals surface area contributed by atoms with Crippen molar-refractivity contribution in [3.8, 4) is 0 Å². The number of carbonyl (C=O) groups excluding carboxylic acids is 1. The van der Waals surface area contributed by atoms with Gasteiger partial charge in [0, 0.05) is 18.6 Å². The van der Waals surface area contributed by atoms with Gasteiger partial charge in [0.25, 0.3) is 0 Å². The number of esters is 1. The fourth-order valence-electron chi connectivity index (χ4n) is 3.81. The van der Waals surface area contributed by atoms with Gasteiger partial charge in [0.15, 0.2) is 9.84 Å². The normalized spacial score (nSPS) is 36.5. The van der Waals surface area contributed by atoms with E-state index in [2.05, 4.69) is 10.2 Å². The second-order valence-corrected chi connectivity index (χ2v) is 8.43. The minimum Gasteiger partial charge on any atom is -0.468 e. The molecule has 0 radical (unpaired) electrons. The first-order valence-electron chi connectivity index (χ1n) is 7.63. The van der Waals surface area contributed by atoms with Crippen molar-refractivity contribution < 1.29 is 17.9 Å². The number of ether oxygens (including phenoxy) is 1. The number of methoxy groups -OCH3 is 1. The van der Waals surface area contributed by atoms with Crippen LogP contribution < -0.4 is 5.32 Å². The summed E-state index contributed by atoms with van der Waals surface area (Å²) in [5.74, 6) is 0.236. The molecule has 1 N–H and O–H groups in total. The number of rotatable bonds is 4. The van der Waals surface area contributed by atoms with E-state index in [-0.39, 0.29) is 29.6 Å². The molecular weight excluding hydrogens is 292 g/mol. The molecule has 1 aliphatic heterocycles. The Morgan fingerprint density at radius 2 is 2.19 bits per heavy atom. The molecule has 122 valence electrons. The predicted octanol–water partition coefficient (Wildman–Crippen LogP) is 0.179. The maximum absolute atomic E-state index is 12.1. The molecule has 2 rings (SSSR count). The molecule has 0 aromatic carbocycles. The average molecular weight is 318 g/mol. The van der Waals surface area contributed by atoms with Crippen molar-refractivity contribution in [3.05, 3.63) is 0 Å².